The first kappa shape index (κ1) is 8.16. The van der Waals surface area contributed by atoms with Crippen molar-refractivity contribution in [3.63, 3.8) is 0 Å². The molecule has 4 nitrogen and oxygen atoms in total. The molecule has 0 aliphatic rings. The number of carboxylic acids is 2. The van der Waals surface area contributed by atoms with Gasteiger partial charge in [0.25, 0.3) is 0 Å². The van der Waals surface area contributed by atoms with Crippen molar-refractivity contribution in [2.24, 2.45) is 5.92 Å². The molecule has 0 atom stereocenters. The molecule has 9 heavy (non-hydrogen) atoms. The number of carbonyl (C=O) groups is 2. The van der Waals surface area contributed by atoms with E-state index in [-0.39, 0.29) is 6.04 Å². The van der Waals surface area contributed by atoms with E-state index in [0.717, 1.165) is 0 Å². The minimum atomic E-state index is -1.24. The Morgan fingerprint density at radius 1 is 1.33 bits per heavy atom. The quantitative estimate of drug-likeness (QED) is 0.379. The fourth-order valence-electron chi connectivity index (χ4n) is 0.455. The molecule has 0 aromatic heterocycles. The van der Waals surface area contributed by atoms with Gasteiger partial charge in [-0.1, -0.05) is 0 Å². The van der Waals surface area contributed by atoms with E-state index in [2.05, 4.69) is 0 Å². The standard InChI is InChI=1S/C4H8O4Si/c5-3(6)2(1-9)4(7)8/h2H,1H2,9H3,(H,5,6)(H,7,8). The Hall–Kier alpha value is -0.843. The maximum Gasteiger partial charge on any atom is 0.317 e. The number of rotatable bonds is 3. The summed E-state index contributed by atoms with van der Waals surface area (Å²) in [5.41, 5.74) is 0. The smallest absolute Gasteiger partial charge is 0.317 e. The summed E-state index contributed by atoms with van der Waals surface area (Å²) in [4.78, 5) is 20.0. The van der Waals surface area contributed by atoms with Gasteiger partial charge in [-0.05, 0) is 6.04 Å². The lowest BCUT2D eigenvalue weighted by atomic mass is 10.2. The average Bonchev–Trinajstić information content (AvgIpc) is 1.64. The third kappa shape index (κ3) is 2.27. The van der Waals surface area contributed by atoms with Crippen LogP contribution in [0.4, 0.5) is 0 Å². The molecule has 5 heteroatoms. The van der Waals surface area contributed by atoms with Crippen molar-refractivity contribution in [2.75, 3.05) is 0 Å². The van der Waals surface area contributed by atoms with E-state index in [4.69, 9.17) is 10.2 Å². The lowest BCUT2D eigenvalue weighted by molar-refractivity contribution is -0.153. The molecule has 0 aliphatic carbocycles. The Balaban J connectivity index is 3.99. The second-order valence-corrected chi connectivity index (χ2v) is 2.45. The molecule has 0 aromatic carbocycles. The van der Waals surface area contributed by atoms with Gasteiger partial charge in [0.05, 0.1) is 0 Å². The van der Waals surface area contributed by atoms with E-state index in [1.807, 2.05) is 0 Å². The lowest BCUT2D eigenvalue weighted by Gasteiger charge is -2.00. The third-order valence-corrected chi connectivity index (χ3v) is 1.82. The van der Waals surface area contributed by atoms with E-state index in [0.29, 0.717) is 10.2 Å². The fraction of sp³-hybridized carbons (Fsp3) is 0.500. The van der Waals surface area contributed by atoms with Gasteiger partial charge in [0, 0.05) is 10.2 Å². The summed E-state index contributed by atoms with van der Waals surface area (Å²) in [5.74, 6) is -3.66. The van der Waals surface area contributed by atoms with Gasteiger partial charge < -0.3 is 10.2 Å². The van der Waals surface area contributed by atoms with Crippen molar-refractivity contribution in [3.05, 3.63) is 0 Å². The molecule has 0 saturated carbocycles. The first-order valence-corrected chi connectivity index (χ1v) is 3.96. The highest BCUT2D eigenvalue weighted by atomic mass is 28.1. The Morgan fingerprint density at radius 2 is 1.67 bits per heavy atom. The van der Waals surface area contributed by atoms with Crippen LogP contribution in [0, 0.1) is 5.92 Å². The Bertz CT molecular complexity index is 119. The predicted octanol–water partition coefficient (Wildman–Crippen LogP) is -1.44. The van der Waals surface area contributed by atoms with Gasteiger partial charge in [0.15, 0.2) is 5.92 Å². The molecule has 0 rings (SSSR count). The van der Waals surface area contributed by atoms with Crippen LogP contribution >= 0.6 is 0 Å². The zero-order valence-corrected chi connectivity index (χ0v) is 7.00. The van der Waals surface area contributed by atoms with Gasteiger partial charge in [0.1, 0.15) is 0 Å². The molecule has 0 aliphatic heterocycles. The molecular weight excluding hydrogens is 140 g/mol. The highest BCUT2D eigenvalue weighted by Gasteiger charge is 2.22. The van der Waals surface area contributed by atoms with Crippen molar-refractivity contribution in [2.45, 2.75) is 6.04 Å². The van der Waals surface area contributed by atoms with Crippen LogP contribution in [-0.4, -0.2) is 32.4 Å². The summed E-state index contributed by atoms with van der Waals surface area (Å²) >= 11 is 0. The van der Waals surface area contributed by atoms with Crippen LogP contribution in [0.3, 0.4) is 0 Å². The van der Waals surface area contributed by atoms with E-state index >= 15 is 0 Å². The van der Waals surface area contributed by atoms with Crippen LogP contribution in [0.25, 0.3) is 0 Å². The number of hydrogen-bond acceptors (Lipinski definition) is 2. The summed E-state index contributed by atoms with van der Waals surface area (Å²) in [7, 11) is 0.606. The minimum absolute atomic E-state index is 0.269. The Morgan fingerprint density at radius 3 is 1.67 bits per heavy atom. The van der Waals surface area contributed by atoms with Crippen LogP contribution in [0.1, 0.15) is 0 Å². The van der Waals surface area contributed by atoms with Crippen molar-refractivity contribution in [3.8, 4) is 0 Å². The summed E-state index contributed by atoms with van der Waals surface area (Å²) in [6.07, 6.45) is 0. The van der Waals surface area contributed by atoms with E-state index in [1.54, 1.807) is 0 Å². The van der Waals surface area contributed by atoms with Crippen molar-refractivity contribution < 1.29 is 19.8 Å². The largest absolute Gasteiger partial charge is 0.481 e. The van der Waals surface area contributed by atoms with Crippen molar-refractivity contribution in [1.29, 1.82) is 0 Å². The fourth-order valence-corrected chi connectivity index (χ4v) is 1.15. The second kappa shape index (κ2) is 3.24. The van der Waals surface area contributed by atoms with Crippen LogP contribution < -0.4 is 0 Å². The predicted molar refractivity (Wildman–Crippen MR) is 33.5 cm³/mol. The highest BCUT2D eigenvalue weighted by molar-refractivity contribution is 6.13. The van der Waals surface area contributed by atoms with Gasteiger partial charge in [-0.2, -0.15) is 0 Å². The van der Waals surface area contributed by atoms with Crippen LogP contribution in [0.2, 0.25) is 6.04 Å². The number of carboxylic acid groups (broad SMARTS) is 2. The molecule has 52 valence electrons. The number of aliphatic carboxylic acids is 2. The lowest BCUT2D eigenvalue weighted by Crippen LogP contribution is -2.22. The van der Waals surface area contributed by atoms with Gasteiger partial charge in [-0.15, -0.1) is 0 Å². The van der Waals surface area contributed by atoms with Gasteiger partial charge in [-0.3, -0.25) is 9.59 Å². The molecule has 2 N–H and O–H groups in total. The van der Waals surface area contributed by atoms with E-state index < -0.39 is 17.9 Å². The molecule has 0 heterocycles. The number of hydrogen-bond donors (Lipinski definition) is 2. The van der Waals surface area contributed by atoms with Crippen molar-refractivity contribution >= 4 is 22.2 Å². The average molecular weight is 148 g/mol. The summed E-state index contributed by atoms with van der Waals surface area (Å²) < 4.78 is 0. The minimum Gasteiger partial charge on any atom is -0.481 e. The first-order chi connectivity index (χ1) is 4.09. The van der Waals surface area contributed by atoms with Crippen LogP contribution in [0.5, 0.6) is 0 Å². The molecular formula is C4H8O4Si. The maximum atomic E-state index is 10.0. The maximum absolute atomic E-state index is 10.0. The molecule has 0 radical (unpaired) electrons. The van der Waals surface area contributed by atoms with Gasteiger partial charge in [0.2, 0.25) is 0 Å². The van der Waals surface area contributed by atoms with Crippen molar-refractivity contribution in [1.82, 2.24) is 0 Å². The summed E-state index contributed by atoms with van der Waals surface area (Å²) in [6, 6.07) is 0.269. The Kier molecular flexibility index (Phi) is 2.93. The molecule has 0 spiro atoms. The third-order valence-electron chi connectivity index (χ3n) is 1.00. The zero-order chi connectivity index (χ0) is 7.44. The first-order valence-electron chi connectivity index (χ1n) is 2.55. The highest BCUT2D eigenvalue weighted by Crippen LogP contribution is 1.99. The second-order valence-electron chi connectivity index (χ2n) is 1.64. The van der Waals surface area contributed by atoms with E-state index in [9.17, 15) is 9.59 Å². The van der Waals surface area contributed by atoms with Gasteiger partial charge >= 0.3 is 11.9 Å². The topological polar surface area (TPSA) is 74.6 Å². The van der Waals surface area contributed by atoms with E-state index in [1.165, 1.54) is 0 Å². The SMILES string of the molecule is O=C(O)C(C[SiH3])C(=O)O. The van der Waals surface area contributed by atoms with Crippen LogP contribution in [-0.2, 0) is 9.59 Å². The normalized spacial score (nSPS) is 9.89. The molecule has 0 fully saturated rings. The molecule has 0 unspecified atom stereocenters. The zero-order valence-electron chi connectivity index (χ0n) is 5.00. The Labute approximate surface area is 54.9 Å². The van der Waals surface area contributed by atoms with Crippen LogP contribution in [0.15, 0.2) is 0 Å². The summed E-state index contributed by atoms with van der Waals surface area (Å²) in [5, 5.41) is 16.4. The molecule has 0 saturated heterocycles. The van der Waals surface area contributed by atoms with Gasteiger partial charge in [-0.25, -0.2) is 0 Å². The molecule has 0 aromatic rings. The summed E-state index contributed by atoms with van der Waals surface area (Å²) in [6.45, 7) is 0. The monoisotopic (exact) mass is 148 g/mol. The molecule has 0 amide bonds. The molecule has 0 bridgehead atoms.